The first-order chi connectivity index (χ1) is 18.5. The summed E-state index contributed by atoms with van der Waals surface area (Å²) in [6.07, 6.45) is 5.33. The minimum Gasteiger partial charge on any atom is -0.490 e. The fraction of sp³-hybridized carbons (Fsp3) is 0.241. The monoisotopic (exact) mass is 634 g/mol. The molecule has 1 amide bonds. The van der Waals surface area contributed by atoms with Crippen molar-refractivity contribution < 1.29 is 14.3 Å². The molecule has 0 spiro atoms. The molecular weight excluding hydrogens is 611 g/mol. The standard InChI is InChI=1S/C29H23IN4O3S/c1-2-36-25-13-18(12-24(30)27(25)37-17-20-8-4-3-7-19(20)14-31)11-21(15-32)28(35)34-29-23(16-33)22-9-5-6-10-26(22)38-29/h3-4,7-8,11-13H,2,5-6,9-10,17H2,1H3,(H,34,35)/b21-11+. The van der Waals surface area contributed by atoms with Crippen molar-refractivity contribution in [1.29, 1.82) is 15.8 Å². The highest BCUT2D eigenvalue weighted by Crippen LogP contribution is 2.38. The topological polar surface area (TPSA) is 119 Å². The highest BCUT2D eigenvalue weighted by Gasteiger charge is 2.23. The molecule has 0 aliphatic heterocycles. The number of amides is 1. The maximum absolute atomic E-state index is 13.0. The van der Waals surface area contributed by atoms with Gasteiger partial charge < -0.3 is 14.8 Å². The summed E-state index contributed by atoms with van der Waals surface area (Å²) in [7, 11) is 0. The molecule has 7 nitrogen and oxygen atoms in total. The Bertz CT molecular complexity index is 1540. The lowest BCUT2D eigenvalue weighted by Crippen LogP contribution is -2.13. The predicted molar refractivity (Wildman–Crippen MR) is 154 cm³/mol. The smallest absolute Gasteiger partial charge is 0.266 e. The van der Waals surface area contributed by atoms with E-state index in [9.17, 15) is 20.6 Å². The van der Waals surface area contributed by atoms with Crippen molar-refractivity contribution in [3.05, 3.63) is 78.2 Å². The molecule has 9 heteroatoms. The van der Waals surface area contributed by atoms with E-state index in [0.29, 0.717) is 39.8 Å². The lowest BCUT2D eigenvalue weighted by atomic mass is 9.96. The van der Waals surface area contributed by atoms with E-state index >= 15 is 0 Å². The summed E-state index contributed by atoms with van der Waals surface area (Å²) in [5, 5.41) is 32.1. The number of hydrogen-bond acceptors (Lipinski definition) is 7. The number of anilines is 1. The molecular formula is C29H23IN4O3S. The van der Waals surface area contributed by atoms with E-state index < -0.39 is 5.91 Å². The molecule has 1 aliphatic carbocycles. The lowest BCUT2D eigenvalue weighted by molar-refractivity contribution is -0.112. The Morgan fingerprint density at radius 2 is 1.92 bits per heavy atom. The first kappa shape index (κ1) is 27.2. The van der Waals surface area contributed by atoms with Crippen LogP contribution >= 0.6 is 33.9 Å². The van der Waals surface area contributed by atoms with Gasteiger partial charge in [0.25, 0.3) is 5.91 Å². The molecule has 0 fully saturated rings. The van der Waals surface area contributed by atoms with E-state index in [1.165, 1.54) is 17.4 Å². The van der Waals surface area contributed by atoms with Crippen molar-refractivity contribution in [1.82, 2.24) is 0 Å². The Morgan fingerprint density at radius 1 is 1.13 bits per heavy atom. The number of nitriles is 3. The van der Waals surface area contributed by atoms with Crippen LogP contribution in [0.3, 0.4) is 0 Å². The zero-order chi connectivity index (χ0) is 27.1. The van der Waals surface area contributed by atoms with Crippen LogP contribution in [-0.4, -0.2) is 12.5 Å². The third-order valence-electron chi connectivity index (χ3n) is 6.03. The second-order valence-corrected chi connectivity index (χ2v) is 10.7. The number of ether oxygens (including phenoxy) is 2. The highest BCUT2D eigenvalue weighted by atomic mass is 127. The van der Waals surface area contributed by atoms with Crippen LogP contribution in [0.1, 0.15) is 52.5 Å². The fourth-order valence-corrected chi connectivity index (χ4v) is 6.25. The van der Waals surface area contributed by atoms with Crippen LogP contribution in [0.5, 0.6) is 11.5 Å². The molecule has 1 aromatic heterocycles. The zero-order valence-corrected chi connectivity index (χ0v) is 23.6. The maximum Gasteiger partial charge on any atom is 0.266 e. The Balaban J connectivity index is 1.59. The van der Waals surface area contributed by atoms with Crippen LogP contribution in [0.25, 0.3) is 6.08 Å². The summed E-state index contributed by atoms with van der Waals surface area (Å²) < 4.78 is 12.6. The average molecular weight is 634 g/mol. The van der Waals surface area contributed by atoms with Gasteiger partial charge in [-0.1, -0.05) is 18.2 Å². The molecule has 190 valence electrons. The van der Waals surface area contributed by atoms with Crippen LogP contribution in [0, 0.1) is 37.6 Å². The number of carbonyl (C=O) groups is 1. The zero-order valence-electron chi connectivity index (χ0n) is 20.6. The molecule has 1 heterocycles. The number of thiophene rings is 1. The summed E-state index contributed by atoms with van der Waals surface area (Å²) in [4.78, 5) is 14.2. The molecule has 3 aromatic rings. The van der Waals surface area contributed by atoms with Gasteiger partial charge in [0, 0.05) is 10.4 Å². The van der Waals surface area contributed by atoms with E-state index in [-0.39, 0.29) is 12.2 Å². The summed E-state index contributed by atoms with van der Waals surface area (Å²) in [5.41, 5.74) is 3.33. The number of rotatable bonds is 8. The minimum atomic E-state index is -0.566. The van der Waals surface area contributed by atoms with Gasteiger partial charge in [0.1, 0.15) is 29.3 Å². The quantitative estimate of drug-likeness (QED) is 0.172. The van der Waals surface area contributed by atoms with E-state index in [1.54, 1.807) is 24.3 Å². The van der Waals surface area contributed by atoms with Crippen molar-refractivity contribution in [3.63, 3.8) is 0 Å². The van der Waals surface area contributed by atoms with Crippen LogP contribution in [0.15, 0.2) is 42.0 Å². The number of carbonyl (C=O) groups excluding carboxylic acids is 1. The van der Waals surface area contributed by atoms with Gasteiger partial charge in [0.2, 0.25) is 0 Å². The Hall–Kier alpha value is -3.85. The number of benzene rings is 2. The van der Waals surface area contributed by atoms with Crippen molar-refractivity contribution in [2.45, 2.75) is 39.2 Å². The lowest BCUT2D eigenvalue weighted by Gasteiger charge is -2.15. The Labute approximate surface area is 239 Å². The second-order valence-electron chi connectivity index (χ2n) is 8.47. The Kier molecular flexibility index (Phi) is 9.02. The maximum atomic E-state index is 13.0. The van der Waals surface area contributed by atoms with Gasteiger partial charge in [-0.15, -0.1) is 11.3 Å². The number of aryl methyl sites for hydroxylation is 1. The third kappa shape index (κ3) is 5.99. The summed E-state index contributed by atoms with van der Waals surface area (Å²) in [6.45, 7) is 2.43. The predicted octanol–water partition coefficient (Wildman–Crippen LogP) is 6.50. The molecule has 0 radical (unpaired) electrons. The third-order valence-corrected chi connectivity index (χ3v) is 8.04. The molecule has 1 aliphatic rings. The molecule has 1 N–H and O–H groups in total. The highest BCUT2D eigenvalue weighted by molar-refractivity contribution is 14.1. The number of nitrogens with one attached hydrogen (secondary N) is 1. The molecule has 0 atom stereocenters. The largest absolute Gasteiger partial charge is 0.490 e. The summed E-state index contributed by atoms with van der Waals surface area (Å²) in [6, 6.07) is 17.1. The number of halogens is 1. The van der Waals surface area contributed by atoms with Crippen molar-refractivity contribution in [2.24, 2.45) is 0 Å². The first-order valence-electron chi connectivity index (χ1n) is 12.0. The van der Waals surface area contributed by atoms with Gasteiger partial charge in [-0.3, -0.25) is 4.79 Å². The SMILES string of the molecule is CCOc1cc(/C=C(\C#N)C(=O)Nc2sc3c(c2C#N)CCCC3)cc(I)c1OCc1ccccc1C#N. The summed E-state index contributed by atoms with van der Waals surface area (Å²) in [5.74, 6) is 0.419. The molecule has 0 bridgehead atoms. The number of nitrogens with zero attached hydrogens (tertiary/aromatic N) is 3. The molecule has 0 unspecified atom stereocenters. The van der Waals surface area contributed by atoms with Gasteiger partial charge in [-0.2, -0.15) is 15.8 Å². The normalized spacial score (nSPS) is 12.4. The number of fused-ring (bicyclic) bond motifs is 1. The number of hydrogen-bond donors (Lipinski definition) is 1. The van der Waals surface area contributed by atoms with Gasteiger partial charge in [0.05, 0.1) is 27.4 Å². The van der Waals surface area contributed by atoms with Crippen molar-refractivity contribution in [2.75, 3.05) is 11.9 Å². The van der Waals surface area contributed by atoms with Gasteiger partial charge in [-0.25, -0.2) is 0 Å². The van der Waals surface area contributed by atoms with Crippen molar-refractivity contribution >= 4 is 50.9 Å². The summed E-state index contributed by atoms with van der Waals surface area (Å²) >= 11 is 3.54. The van der Waals surface area contributed by atoms with E-state index in [0.717, 1.165) is 45.3 Å². The molecule has 2 aromatic carbocycles. The second kappa shape index (κ2) is 12.6. The molecule has 4 rings (SSSR count). The Morgan fingerprint density at radius 3 is 2.66 bits per heavy atom. The van der Waals surface area contributed by atoms with Gasteiger partial charge in [0.15, 0.2) is 11.5 Å². The van der Waals surface area contributed by atoms with E-state index in [2.05, 4.69) is 40.0 Å². The molecule has 0 saturated carbocycles. The van der Waals surface area contributed by atoms with Crippen LogP contribution in [-0.2, 0) is 24.2 Å². The van der Waals surface area contributed by atoms with Crippen LogP contribution in [0.4, 0.5) is 5.00 Å². The molecule has 0 saturated heterocycles. The van der Waals surface area contributed by atoms with E-state index in [1.807, 2.05) is 25.1 Å². The minimum absolute atomic E-state index is 0.0878. The average Bonchev–Trinajstić information content (AvgIpc) is 3.28. The van der Waals surface area contributed by atoms with Gasteiger partial charge in [-0.05, 0) is 90.6 Å². The van der Waals surface area contributed by atoms with Crippen molar-refractivity contribution in [3.8, 4) is 29.7 Å². The first-order valence-corrected chi connectivity index (χ1v) is 13.9. The van der Waals surface area contributed by atoms with E-state index in [4.69, 9.17) is 9.47 Å². The fourth-order valence-electron chi connectivity index (χ4n) is 4.24. The van der Waals surface area contributed by atoms with Crippen LogP contribution < -0.4 is 14.8 Å². The van der Waals surface area contributed by atoms with Crippen LogP contribution in [0.2, 0.25) is 0 Å². The molecule has 38 heavy (non-hydrogen) atoms. The van der Waals surface area contributed by atoms with Gasteiger partial charge >= 0.3 is 0 Å².